The van der Waals surface area contributed by atoms with Crippen molar-refractivity contribution in [2.45, 2.75) is 13.3 Å². The van der Waals surface area contributed by atoms with Gasteiger partial charge in [-0.05, 0) is 24.1 Å². The Morgan fingerprint density at radius 3 is 2.67 bits per heavy atom. The minimum atomic E-state index is -0.347. The van der Waals surface area contributed by atoms with Gasteiger partial charge in [-0.1, -0.05) is 13.0 Å². The molecule has 7 heteroatoms. The van der Waals surface area contributed by atoms with Crippen molar-refractivity contribution in [2.24, 2.45) is 7.05 Å². The van der Waals surface area contributed by atoms with Crippen LogP contribution in [-0.4, -0.2) is 25.7 Å². The van der Waals surface area contributed by atoms with E-state index >= 15 is 0 Å². The molecule has 1 amide bonds. The first-order chi connectivity index (χ1) is 11.6. The molecule has 0 unspecified atom stereocenters. The number of nitrogens with one attached hydrogen (secondary N) is 1. The predicted molar refractivity (Wildman–Crippen MR) is 92.4 cm³/mol. The minimum absolute atomic E-state index is 0.249. The van der Waals surface area contributed by atoms with Crippen LogP contribution in [0.1, 0.15) is 23.1 Å². The number of nitrogens with zero attached hydrogens (tertiary/aromatic N) is 4. The number of benzene rings is 1. The average Bonchev–Trinajstić information content (AvgIpc) is 3.03. The van der Waals surface area contributed by atoms with Gasteiger partial charge in [0.2, 0.25) is 0 Å². The number of anilines is 2. The number of carbonyl (C=O) groups excluding carboxylic acids is 1. The zero-order valence-corrected chi connectivity index (χ0v) is 13.5. The zero-order chi connectivity index (χ0) is 17.1. The standard InChI is InChI=1S/C17H18N6O/c1-3-13-8-20-16(9-19-13)17(24)22-15-6-11(4-5-14(15)18)12-7-21-23(2)10-12/h4-10H,3,18H2,1-2H3,(H,22,24). The van der Waals surface area contributed by atoms with E-state index in [4.69, 9.17) is 5.73 Å². The summed E-state index contributed by atoms with van der Waals surface area (Å²) in [6.07, 6.45) is 7.49. The molecule has 0 fully saturated rings. The summed E-state index contributed by atoms with van der Waals surface area (Å²) in [6, 6.07) is 5.46. The predicted octanol–water partition coefficient (Wildman–Crippen LogP) is 2.27. The van der Waals surface area contributed by atoms with Gasteiger partial charge in [-0.2, -0.15) is 5.10 Å². The van der Waals surface area contributed by atoms with Gasteiger partial charge in [0.25, 0.3) is 5.91 Å². The van der Waals surface area contributed by atoms with E-state index < -0.39 is 0 Å². The Morgan fingerprint density at radius 2 is 2.04 bits per heavy atom. The van der Waals surface area contributed by atoms with Crippen molar-refractivity contribution in [3.05, 3.63) is 54.4 Å². The lowest BCUT2D eigenvalue weighted by Gasteiger charge is -2.09. The van der Waals surface area contributed by atoms with E-state index in [0.717, 1.165) is 23.2 Å². The number of rotatable bonds is 4. The molecule has 7 nitrogen and oxygen atoms in total. The Hall–Kier alpha value is -3.22. The molecular formula is C17H18N6O. The molecule has 1 aromatic carbocycles. The summed E-state index contributed by atoms with van der Waals surface area (Å²) >= 11 is 0. The van der Waals surface area contributed by atoms with Crippen molar-refractivity contribution in [1.82, 2.24) is 19.7 Å². The van der Waals surface area contributed by atoms with Gasteiger partial charge in [-0.15, -0.1) is 0 Å². The highest BCUT2D eigenvalue weighted by Gasteiger charge is 2.11. The monoisotopic (exact) mass is 322 g/mol. The van der Waals surface area contributed by atoms with Crippen LogP contribution in [0.3, 0.4) is 0 Å². The Labute approximate surface area is 139 Å². The maximum absolute atomic E-state index is 12.3. The highest BCUT2D eigenvalue weighted by Crippen LogP contribution is 2.27. The van der Waals surface area contributed by atoms with Crippen LogP contribution >= 0.6 is 0 Å². The first-order valence-electron chi connectivity index (χ1n) is 7.57. The summed E-state index contributed by atoms with van der Waals surface area (Å²) in [5.41, 5.74) is 9.93. The minimum Gasteiger partial charge on any atom is -0.397 e. The topological polar surface area (TPSA) is 98.7 Å². The van der Waals surface area contributed by atoms with Crippen LogP contribution in [0.2, 0.25) is 0 Å². The van der Waals surface area contributed by atoms with Crippen LogP contribution in [0, 0.1) is 0 Å². The molecule has 3 aromatic rings. The number of hydrogen-bond donors (Lipinski definition) is 2. The highest BCUT2D eigenvalue weighted by atomic mass is 16.1. The van der Waals surface area contributed by atoms with Gasteiger partial charge in [0.15, 0.2) is 0 Å². The summed E-state index contributed by atoms with van der Waals surface area (Å²) in [4.78, 5) is 20.6. The van der Waals surface area contributed by atoms with Crippen LogP contribution in [-0.2, 0) is 13.5 Å². The first kappa shape index (κ1) is 15.7. The van der Waals surface area contributed by atoms with Gasteiger partial charge in [-0.3, -0.25) is 14.5 Å². The van der Waals surface area contributed by atoms with Crippen molar-refractivity contribution >= 4 is 17.3 Å². The third-order valence-corrected chi connectivity index (χ3v) is 3.64. The molecule has 3 N–H and O–H groups in total. The Balaban J connectivity index is 1.84. The Kier molecular flexibility index (Phi) is 4.24. The lowest BCUT2D eigenvalue weighted by atomic mass is 10.1. The van der Waals surface area contributed by atoms with Crippen LogP contribution in [0.4, 0.5) is 11.4 Å². The van der Waals surface area contributed by atoms with Gasteiger partial charge >= 0.3 is 0 Å². The molecule has 0 aliphatic heterocycles. The molecule has 0 saturated carbocycles. The average molecular weight is 322 g/mol. The van der Waals surface area contributed by atoms with Gasteiger partial charge in [-0.25, -0.2) is 4.98 Å². The second-order valence-electron chi connectivity index (χ2n) is 5.41. The second-order valence-corrected chi connectivity index (χ2v) is 5.41. The lowest BCUT2D eigenvalue weighted by molar-refractivity contribution is 0.102. The Bertz CT molecular complexity index is 869. The van der Waals surface area contributed by atoms with Crippen molar-refractivity contribution < 1.29 is 4.79 Å². The normalized spacial score (nSPS) is 10.6. The molecule has 2 aromatic heterocycles. The molecule has 0 saturated heterocycles. The van der Waals surface area contributed by atoms with Crippen LogP contribution < -0.4 is 11.1 Å². The summed E-state index contributed by atoms with van der Waals surface area (Å²) in [5, 5.41) is 6.94. The maximum atomic E-state index is 12.3. The van der Waals surface area contributed by atoms with E-state index in [9.17, 15) is 4.79 Å². The molecular weight excluding hydrogens is 304 g/mol. The Morgan fingerprint density at radius 1 is 1.21 bits per heavy atom. The molecule has 24 heavy (non-hydrogen) atoms. The van der Waals surface area contributed by atoms with Gasteiger partial charge in [0.05, 0.1) is 29.5 Å². The zero-order valence-electron chi connectivity index (χ0n) is 13.5. The number of amides is 1. The fourth-order valence-electron chi connectivity index (χ4n) is 2.26. The fourth-order valence-corrected chi connectivity index (χ4v) is 2.26. The molecule has 0 atom stereocenters. The van der Waals surface area contributed by atoms with E-state index in [1.165, 1.54) is 6.20 Å². The summed E-state index contributed by atoms with van der Waals surface area (Å²) in [6.45, 7) is 1.98. The number of nitrogens with two attached hydrogens (primary N) is 1. The number of aryl methyl sites for hydroxylation is 2. The number of hydrogen-bond acceptors (Lipinski definition) is 5. The molecule has 2 heterocycles. The molecule has 0 aliphatic rings. The van der Waals surface area contributed by atoms with E-state index in [1.54, 1.807) is 23.1 Å². The molecule has 0 bridgehead atoms. The number of aromatic nitrogens is 4. The van der Waals surface area contributed by atoms with Gasteiger partial charge in [0, 0.05) is 25.0 Å². The van der Waals surface area contributed by atoms with Crippen molar-refractivity contribution in [3.8, 4) is 11.1 Å². The largest absolute Gasteiger partial charge is 0.397 e. The summed E-state index contributed by atoms with van der Waals surface area (Å²) in [5.74, 6) is -0.347. The molecule has 3 rings (SSSR count). The second kappa shape index (κ2) is 6.49. The molecule has 122 valence electrons. The van der Waals surface area contributed by atoms with E-state index in [2.05, 4.69) is 20.4 Å². The van der Waals surface area contributed by atoms with Crippen LogP contribution in [0.5, 0.6) is 0 Å². The smallest absolute Gasteiger partial charge is 0.275 e. The quantitative estimate of drug-likeness (QED) is 0.718. The van der Waals surface area contributed by atoms with Crippen molar-refractivity contribution in [1.29, 1.82) is 0 Å². The number of carbonyl (C=O) groups is 1. The van der Waals surface area contributed by atoms with E-state index in [1.807, 2.05) is 32.3 Å². The first-order valence-corrected chi connectivity index (χ1v) is 7.57. The van der Waals surface area contributed by atoms with Gasteiger partial charge < -0.3 is 11.1 Å². The molecule has 0 aliphatic carbocycles. The number of nitrogen functional groups attached to an aromatic ring is 1. The summed E-state index contributed by atoms with van der Waals surface area (Å²) < 4.78 is 1.72. The van der Waals surface area contributed by atoms with E-state index in [-0.39, 0.29) is 11.6 Å². The van der Waals surface area contributed by atoms with Crippen LogP contribution in [0.15, 0.2) is 43.0 Å². The molecule has 0 radical (unpaired) electrons. The fraction of sp³-hybridized carbons (Fsp3) is 0.176. The van der Waals surface area contributed by atoms with Gasteiger partial charge in [0.1, 0.15) is 5.69 Å². The third-order valence-electron chi connectivity index (χ3n) is 3.64. The summed E-state index contributed by atoms with van der Waals surface area (Å²) in [7, 11) is 1.85. The van der Waals surface area contributed by atoms with Crippen molar-refractivity contribution in [2.75, 3.05) is 11.1 Å². The highest BCUT2D eigenvalue weighted by molar-refractivity contribution is 6.04. The third kappa shape index (κ3) is 3.24. The molecule has 0 spiro atoms. The maximum Gasteiger partial charge on any atom is 0.275 e. The van der Waals surface area contributed by atoms with Crippen molar-refractivity contribution in [3.63, 3.8) is 0 Å². The lowest BCUT2D eigenvalue weighted by Crippen LogP contribution is -2.15. The van der Waals surface area contributed by atoms with E-state index in [0.29, 0.717) is 11.4 Å². The van der Waals surface area contributed by atoms with Crippen LogP contribution in [0.25, 0.3) is 11.1 Å². The SMILES string of the molecule is CCc1cnc(C(=O)Nc2cc(-c3cnn(C)c3)ccc2N)cn1.